The standard InChI is InChI=1S/C7H15NO/c1-7(2)3-6(9)4-8-5-7/h6,8-9H,3-5H2,1-2H3/t6-/m0/s1. The maximum Gasteiger partial charge on any atom is 0.0670 e. The third kappa shape index (κ3) is 1.95. The number of aliphatic hydroxyl groups is 1. The van der Waals surface area contributed by atoms with Crippen molar-refractivity contribution in [3.63, 3.8) is 0 Å². The zero-order valence-corrected chi connectivity index (χ0v) is 6.15. The zero-order valence-electron chi connectivity index (χ0n) is 6.15. The highest BCUT2D eigenvalue weighted by atomic mass is 16.3. The Morgan fingerprint density at radius 2 is 2.22 bits per heavy atom. The molecule has 1 saturated heterocycles. The highest BCUT2D eigenvalue weighted by Gasteiger charge is 2.25. The van der Waals surface area contributed by atoms with Crippen LogP contribution in [0.3, 0.4) is 0 Å². The molecular weight excluding hydrogens is 114 g/mol. The molecule has 0 spiro atoms. The van der Waals surface area contributed by atoms with Gasteiger partial charge >= 0.3 is 0 Å². The SMILES string of the molecule is CC1(C)CNC[C@@H](O)C1. The number of aliphatic hydroxyl groups excluding tert-OH is 1. The summed E-state index contributed by atoms with van der Waals surface area (Å²) in [4.78, 5) is 0. The van der Waals surface area contributed by atoms with E-state index in [9.17, 15) is 5.11 Å². The van der Waals surface area contributed by atoms with Gasteiger partial charge in [0.25, 0.3) is 0 Å². The van der Waals surface area contributed by atoms with Gasteiger partial charge in [0.1, 0.15) is 0 Å². The summed E-state index contributed by atoms with van der Waals surface area (Å²) in [6.07, 6.45) is 0.800. The summed E-state index contributed by atoms with van der Waals surface area (Å²) in [5.74, 6) is 0. The van der Waals surface area contributed by atoms with Crippen LogP contribution in [-0.2, 0) is 0 Å². The normalized spacial score (nSPS) is 34.3. The summed E-state index contributed by atoms with van der Waals surface area (Å²) >= 11 is 0. The largest absolute Gasteiger partial charge is 0.392 e. The average molecular weight is 129 g/mol. The average Bonchev–Trinajstić information content (AvgIpc) is 1.60. The van der Waals surface area contributed by atoms with Crippen LogP contribution < -0.4 is 5.32 Å². The molecule has 0 bridgehead atoms. The van der Waals surface area contributed by atoms with Gasteiger partial charge in [-0.15, -0.1) is 0 Å². The lowest BCUT2D eigenvalue weighted by atomic mass is 9.84. The van der Waals surface area contributed by atoms with Crippen LogP contribution in [0.15, 0.2) is 0 Å². The first-order chi connectivity index (χ1) is 4.10. The van der Waals surface area contributed by atoms with Gasteiger partial charge in [0.2, 0.25) is 0 Å². The smallest absolute Gasteiger partial charge is 0.0670 e. The van der Waals surface area contributed by atoms with Crippen LogP contribution >= 0.6 is 0 Å². The lowest BCUT2D eigenvalue weighted by Gasteiger charge is -2.33. The molecule has 1 aliphatic rings. The summed E-state index contributed by atoms with van der Waals surface area (Å²) in [5.41, 5.74) is 0.289. The Hall–Kier alpha value is -0.0800. The van der Waals surface area contributed by atoms with Crippen LogP contribution in [0.4, 0.5) is 0 Å². The van der Waals surface area contributed by atoms with Crippen molar-refractivity contribution in [2.24, 2.45) is 5.41 Å². The van der Waals surface area contributed by atoms with Gasteiger partial charge < -0.3 is 10.4 Å². The van der Waals surface area contributed by atoms with Crippen molar-refractivity contribution < 1.29 is 5.11 Å². The molecule has 0 aromatic carbocycles. The fourth-order valence-electron chi connectivity index (χ4n) is 1.36. The molecule has 1 atom stereocenters. The molecule has 0 amide bonds. The van der Waals surface area contributed by atoms with E-state index in [0.29, 0.717) is 0 Å². The van der Waals surface area contributed by atoms with Gasteiger partial charge in [-0.05, 0) is 11.8 Å². The molecular formula is C7H15NO. The first-order valence-corrected chi connectivity index (χ1v) is 3.49. The minimum Gasteiger partial charge on any atom is -0.392 e. The van der Waals surface area contributed by atoms with E-state index in [-0.39, 0.29) is 11.5 Å². The lowest BCUT2D eigenvalue weighted by Crippen LogP contribution is -2.43. The predicted octanol–water partition coefficient (Wildman–Crippen LogP) is 0.367. The highest BCUT2D eigenvalue weighted by Crippen LogP contribution is 2.23. The number of rotatable bonds is 0. The Balaban J connectivity index is 2.41. The number of nitrogens with one attached hydrogen (secondary N) is 1. The topological polar surface area (TPSA) is 32.3 Å². The Morgan fingerprint density at radius 3 is 2.56 bits per heavy atom. The van der Waals surface area contributed by atoms with Crippen LogP contribution in [0.2, 0.25) is 0 Å². The Morgan fingerprint density at radius 1 is 1.56 bits per heavy atom. The van der Waals surface area contributed by atoms with Crippen molar-refractivity contribution in [3.8, 4) is 0 Å². The van der Waals surface area contributed by atoms with E-state index >= 15 is 0 Å². The summed E-state index contributed by atoms with van der Waals surface area (Å²) in [5, 5.41) is 12.4. The van der Waals surface area contributed by atoms with Gasteiger partial charge in [-0.1, -0.05) is 13.8 Å². The minimum atomic E-state index is -0.131. The molecule has 0 aromatic heterocycles. The van der Waals surface area contributed by atoms with Gasteiger partial charge in [-0.25, -0.2) is 0 Å². The first-order valence-electron chi connectivity index (χ1n) is 3.49. The van der Waals surface area contributed by atoms with Crippen molar-refractivity contribution in [3.05, 3.63) is 0 Å². The van der Waals surface area contributed by atoms with Crippen LogP contribution in [0.5, 0.6) is 0 Å². The van der Waals surface area contributed by atoms with E-state index in [4.69, 9.17) is 0 Å². The Labute approximate surface area is 56.3 Å². The van der Waals surface area contributed by atoms with Gasteiger partial charge in [0.15, 0.2) is 0 Å². The molecule has 0 saturated carbocycles. The summed E-state index contributed by atoms with van der Waals surface area (Å²) in [6, 6.07) is 0. The number of β-amino-alcohol motifs (C(OH)–C–C–N with tert-alkyl or cyclic N) is 1. The summed E-state index contributed by atoms with van der Waals surface area (Å²) < 4.78 is 0. The molecule has 1 rings (SSSR count). The number of piperidine rings is 1. The van der Waals surface area contributed by atoms with Crippen molar-refractivity contribution in [1.29, 1.82) is 0 Å². The van der Waals surface area contributed by atoms with Crippen LogP contribution in [-0.4, -0.2) is 24.3 Å². The third-order valence-corrected chi connectivity index (χ3v) is 1.77. The van der Waals surface area contributed by atoms with E-state index in [0.717, 1.165) is 19.5 Å². The molecule has 0 unspecified atom stereocenters. The molecule has 2 heteroatoms. The summed E-state index contributed by atoms with van der Waals surface area (Å²) in [6.45, 7) is 6.14. The molecule has 2 N–H and O–H groups in total. The summed E-state index contributed by atoms with van der Waals surface area (Å²) in [7, 11) is 0. The monoisotopic (exact) mass is 129 g/mol. The van der Waals surface area contributed by atoms with Crippen molar-refractivity contribution in [2.75, 3.05) is 13.1 Å². The van der Waals surface area contributed by atoms with Crippen LogP contribution in [0.25, 0.3) is 0 Å². The fourth-order valence-corrected chi connectivity index (χ4v) is 1.36. The Kier molecular flexibility index (Phi) is 1.78. The molecule has 2 nitrogen and oxygen atoms in total. The molecule has 1 heterocycles. The molecule has 54 valence electrons. The lowest BCUT2D eigenvalue weighted by molar-refractivity contribution is 0.0806. The van der Waals surface area contributed by atoms with Crippen LogP contribution in [0.1, 0.15) is 20.3 Å². The van der Waals surface area contributed by atoms with Gasteiger partial charge in [-0.2, -0.15) is 0 Å². The third-order valence-electron chi connectivity index (χ3n) is 1.77. The predicted molar refractivity (Wildman–Crippen MR) is 37.3 cm³/mol. The Bertz CT molecular complexity index is 101. The van der Waals surface area contributed by atoms with Crippen molar-refractivity contribution in [1.82, 2.24) is 5.32 Å². The molecule has 1 fully saturated rings. The quantitative estimate of drug-likeness (QED) is 0.495. The van der Waals surface area contributed by atoms with Crippen molar-refractivity contribution >= 4 is 0 Å². The van der Waals surface area contributed by atoms with Crippen molar-refractivity contribution in [2.45, 2.75) is 26.4 Å². The second-order valence-corrected chi connectivity index (χ2v) is 3.65. The first kappa shape index (κ1) is 7.03. The van der Waals surface area contributed by atoms with E-state index in [1.807, 2.05) is 0 Å². The van der Waals surface area contributed by atoms with E-state index < -0.39 is 0 Å². The second kappa shape index (κ2) is 2.27. The molecule has 0 radical (unpaired) electrons. The van der Waals surface area contributed by atoms with Gasteiger partial charge in [0.05, 0.1) is 6.10 Å². The number of hydrogen-bond acceptors (Lipinski definition) is 2. The maximum atomic E-state index is 9.18. The molecule has 0 aromatic rings. The van der Waals surface area contributed by atoms with E-state index in [1.54, 1.807) is 0 Å². The fraction of sp³-hybridized carbons (Fsp3) is 1.00. The van der Waals surface area contributed by atoms with E-state index in [1.165, 1.54) is 0 Å². The second-order valence-electron chi connectivity index (χ2n) is 3.65. The molecule has 1 aliphatic heterocycles. The number of hydrogen-bond donors (Lipinski definition) is 2. The van der Waals surface area contributed by atoms with Crippen LogP contribution in [0, 0.1) is 5.41 Å². The minimum absolute atomic E-state index is 0.131. The van der Waals surface area contributed by atoms with Gasteiger partial charge in [0, 0.05) is 13.1 Å². The highest BCUT2D eigenvalue weighted by molar-refractivity contribution is 4.81. The zero-order chi connectivity index (χ0) is 6.91. The van der Waals surface area contributed by atoms with Gasteiger partial charge in [-0.3, -0.25) is 0 Å². The maximum absolute atomic E-state index is 9.18. The molecule has 9 heavy (non-hydrogen) atoms. The van der Waals surface area contributed by atoms with E-state index in [2.05, 4.69) is 19.2 Å². The molecule has 0 aliphatic carbocycles.